The molecule has 2 rings (SSSR count). The number of nitriles is 1. The van der Waals surface area contributed by atoms with E-state index in [9.17, 15) is 5.11 Å². The molecule has 0 heterocycles. The molecule has 1 aromatic carbocycles. The number of aliphatic hydroxyl groups excluding tert-OH is 1. The number of aliphatic hydroxyl groups is 1. The Labute approximate surface area is 117 Å². The van der Waals surface area contributed by atoms with E-state index in [4.69, 9.17) is 28.5 Å². The fourth-order valence-electron chi connectivity index (χ4n) is 2.53. The van der Waals surface area contributed by atoms with Gasteiger partial charge in [0.05, 0.1) is 18.2 Å². The molecule has 18 heavy (non-hydrogen) atoms. The Morgan fingerprint density at radius 2 is 2.22 bits per heavy atom. The number of fused-ring (bicyclic) bond motifs is 1. The lowest BCUT2D eigenvalue weighted by molar-refractivity contribution is 0.0776. The molecule has 1 aliphatic carbocycles. The van der Waals surface area contributed by atoms with Crippen molar-refractivity contribution in [2.24, 2.45) is 0 Å². The van der Waals surface area contributed by atoms with Crippen LogP contribution in [0.5, 0.6) is 0 Å². The van der Waals surface area contributed by atoms with Crippen LogP contribution in [0.4, 0.5) is 0 Å². The van der Waals surface area contributed by atoms with E-state index in [1.807, 2.05) is 18.0 Å². The summed E-state index contributed by atoms with van der Waals surface area (Å²) in [7, 11) is 1.90. The molecule has 0 saturated carbocycles. The third kappa shape index (κ3) is 2.48. The summed E-state index contributed by atoms with van der Waals surface area (Å²) in [4.78, 5) is 1.98. The summed E-state index contributed by atoms with van der Waals surface area (Å²) in [5.74, 6) is 0. The second-order valence-electron chi connectivity index (χ2n) is 4.56. The highest BCUT2D eigenvalue weighted by Gasteiger charge is 2.35. The first-order valence-electron chi connectivity index (χ1n) is 5.77. The number of benzene rings is 1. The molecular weight excluding hydrogens is 271 g/mol. The smallest absolute Gasteiger partial charge is 0.0777 e. The van der Waals surface area contributed by atoms with Crippen molar-refractivity contribution in [1.29, 1.82) is 5.26 Å². The molecule has 0 fully saturated rings. The predicted molar refractivity (Wildman–Crippen MR) is 71.8 cm³/mol. The Balaban J connectivity index is 2.33. The SMILES string of the molecule is CN(CCC#N)[C@H]1c2cc(Cl)cc(Cl)c2C[C@@H]1O. The molecule has 0 amide bonds. The molecule has 0 aromatic heterocycles. The minimum Gasteiger partial charge on any atom is -0.391 e. The van der Waals surface area contributed by atoms with Gasteiger partial charge in [0.25, 0.3) is 0 Å². The first-order valence-corrected chi connectivity index (χ1v) is 6.53. The Kier molecular flexibility index (Phi) is 4.14. The number of halogens is 2. The van der Waals surface area contributed by atoms with Crippen LogP contribution in [0.3, 0.4) is 0 Å². The Morgan fingerprint density at radius 3 is 2.89 bits per heavy atom. The normalized spacial score (nSPS) is 22.0. The van der Waals surface area contributed by atoms with Crippen LogP contribution in [-0.2, 0) is 6.42 Å². The van der Waals surface area contributed by atoms with Crippen LogP contribution in [0.2, 0.25) is 10.0 Å². The van der Waals surface area contributed by atoms with Crippen molar-refractivity contribution in [3.63, 3.8) is 0 Å². The average Bonchev–Trinajstić information content (AvgIpc) is 2.63. The van der Waals surface area contributed by atoms with Gasteiger partial charge in [0.2, 0.25) is 0 Å². The summed E-state index contributed by atoms with van der Waals surface area (Å²) in [6.07, 6.45) is 0.468. The molecule has 1 N–H and O–H groups in total. The molecule has 3 nitrogen and oxygen atoms in total. The molecule has 96 valence electrons. The lowest BCUT2D eigenvalue weighted by Crippen LogP contribution is -2.31. The fraction of sp³-hybridized carbons (Fsp3) is 0.462. The van der Waals surface area contributed by atoms with Gasteiger partial charge in [0.1, 0.15) is 0 Å². The number of hydrogen-bond donors (Lipinski definition) is 1. The summed E-state index contributed by atoms with van der Waals surface area (Å²) < 4.78 is 0. The number of nitrogens with zero attached hydrogens (tertiary/aromatic N) is 2. The standard InChI is InChI=1S/C13H14Cl2N2O/c1-17(4-2-3-16)13-10-5-8(14)6-11(15)9(10)7-12(13)18/h5-6,12-13,18H,2,4,7H2,1H3/t12-,13-/m0/s1. The highest BCUT2D eigenvalue weighted by molar-refractivity contribution is 6.35. The van der Waals surface area contributed by atoms with Gasteiger partial charge < -0.3 is 5.11 Å². The number of hydrogen-bond acceptors (Lipinski definition) is 3. The van der Waals surface area contributed by atoms with Crippen molar-refractivity contribution in [1.82, 2.24) is 4.90 Å². The van der Waals surface area contributed by atoms with Crippen molar-refractivity contribution < 1.29 is 5.11 Å². The molecule has 5 heteroatoms. The van der Waals surface area contributed by atoms with E-state index in [2.05, 4.69) is 6.07 Å². The molecule has 0 unspecified atom stereocenters. The number of likely N-dealkylation sites (N-methyl/N-ethyl adjacent to an activating group) is 1. The summed E-state index contributed by atoms with van der Waals surface area (Å²) in [6, 6.07) is 5.53. The van der Waals surface area contributed by atoms with Crippen molar-refractivity contribution in [2.45, 2.75) is 25.0 Å². The largest absolute Gasteiger partial charge is 0.391 e. The highest BCUT2D eigenvalue weighted by atomic mass is 35.5. The van der Waals surface area contributed by atoms with Gasteiger partial charge in [0, 0.05) is 29.4 Å². The van der Waals surface area contributed by atoms with Crippen molar-refractivity contribution in [3.05, 3.63) is 33.3 Å². The monoisotopic (exact) mass is 284 g/mol. The van der Waals surface area contributed by atoms with Crippen LogP contribution in [0, 0.1) is 11.3 Å². The zero-order chi connectivity index (χ0) is 13.3. The van der Waals surface area contributed by atoms with Crippen molar-refractivity contribution in [2.75, 3.05) is 13.6 Å². The van der Waals surface area contributed by atoms with E-state index in [1.54, 1.807) is 6.07 Å². The molecule has 0 radical (unpaired) electrons. The molecule has 0 saturated heterocycles. The van der Waals surface area contributed by atoms with Crippen LogP contribution in [-0.4, -0.2) is 29.7 Å². The van der Waals surface area contributed by atoms with Crippen molar-refractivity contribution in [3.8, 4) is 6.07 Å². The lowest BCUT2D eigenvalue weighted by Gasteiger charge is -2.27. The molecule has 0 bridgehead atoms. The van der Waals surface area contributed by atoms with E-state index >= 15 is 0 Å². The maximum atomic E-state index is 10.2. The van der Waals surface area contributed by atoms with E-state index in [0.717, 1.165) is 11.1 Å². The van der Waals surface area contributed by atoms with E-state index in [0.29, 0.717) is 29.4 Å². The van der Waals surface area contributed by atoms with Crippen LogP contribution in [0.1, 0.15) is 23.6 Å². The first kappa shape index (κ1) is 13.6. The molecule has 1 aromatic rings. The van der Waals surface area contributed by atoms with Gasteiger partial charge in [-0.05, 0) is 30.3 Å². The zero-order valence-electron chi connectivity index (χ0n) is 10.0. The molecule has 0 spiro atoms. The van der Waals surface area contributed by atoms with Crippen LogP contribution < -0.4 is 0 Å². The summed E-state index contributed by atoms with van der Waals surface area (Å²) in [6.45, 7) is 0.613. The minimum absolute atomic E-state index is 0.135. The van der Waals surface area contributed by atoms with Crippen LogP contribution >= 0.6 is 23.2 Å². The Morgan fingerprint density at radius 1 is 1.50 bits per heavy atom. The van der Waals surface area contributed by atoms with E-state index in [-0.39, 0.29) is 6.04 Å². The fourth-order valence-corrected chi connectivity index (χ4v) is 3.11. The van der Waals surface area contributed by atoms with Gasteiger partial charge in [0.15, 0.2) is 0 Å². The van der Waals surface area contributed by atoms with Gasteiger partial charge in [-0.3, -0.25) is 4.90 Å². The molecule has 0 aliphatic heterocycles. The third-order valence-electron chi connectivity index (χ3n) is 3.34. The quantitative estimate of drug-likeness (QED) is 0.929. The van der Waals surface area contributed by atoms with E-state index in [1.165, 1.54) is 0 Å². The highest BCUT2D eigenvalue weighted by Crippen LogP contribution is 2.40. The maximum absolute atomic E-state index is 10.2. The van der Waals surface area contributed by atoms with Crippen LogP contribution in [0.25, 0.3) is 0 Å². The minimum atomic E-state index is -0.500. The Bertz CT molecular complexity index is 498. The van der Waals surface area contributed by atoms with Crippen molar-refractivity contribution >= 4 is 23.2 Å². The molecule has 1 aliphatic rings. The van der Waals surface area contributed by atoms with Gasteiger partial charge in [-0.25, -0.2) is 0 Å². The lowest BCUT2D eigenvalue weighted by atomic mass is 10.1. The van der Waals surface area contributed by atoms with Gasteiger partial charge in [-0.1, -0.05) is 23.2 Å². The van der Waals surface area contributed by atoms with Gasteiger partial charge >= 0.3 is 0 Å². The van der Waals surface area contributed by atoms with Gasteiger partial charge in [-0.2, -0.15) is 5.26 Å². The second-order valence-corrected chi connectivity index (χ2v) is 5.40. The summed E-state index contributed by atoms with van der Waals surface area (Å²) >= 11 is 12.2. The third-order valence-corrected chi connectivity index (χ3v) is 3.90. The maximum Gasteiger partial charge on any atom is 0.0777 e. The first-order chi connectivity index (χ1) is 8.54. The summed E-state index contributed by atoms with van der Waals surface area (Å²) in [5.41, 5.74) is 1.93. The molecule has 2 atom stereocenters. The zero-order valence-corrected chi connectivity index (χ0v) is 11.5. The predicted octanol–water partition coefficient (Wildman–Crippen LogP) is 2.80. The second kappa shape index (κ2) is 5.46. The Hall–Kier alpha value is -0.790. The number of rotatable bonds is 3. The van der Waals surface area contributed by atoms with E-state index < -0.39 is 6.10 Å². The van der Waals surface area contributed by atoms with Crippen LogP contribution in [0.15, 0.2) is 12.1 Å². The average molecular weight is 285 g/mol. The topological polar surface area (TPSA) is 47.3 Å². The van der Waals surface area contributed by atoms with Gasteiger partial charge in [-0.15, -0.1) is 0 Å². The summed E-state index contributed by atoms with van der Waals surface area (Å²) in [5, 5.41) is 20.0. The molecular formula is C13H14Cl2N2O.